The Balaban J connectivity index is 1.47. The van der Waals surface area contributed by atoms with Crippen LogP contribution >= 0.6 is 0 Å². The summed E-state index contributed by atoms with van der Waals surface area (Å²) in [5, 5.41) is 0. The van der Waals surface area contributed by atoms with Gasteiger partial charge in [-0.05, 0) is 38.2 Å². The van der Waals surface area contributed by atoms with Crippen LogP contribution in [0.2, 0.25) is 0 Å². The number of Topliss-reactive ketones (excluding diaryl/α,β-unsaturated/α-hetero) is 1. The first kappa shape index (κ1) is 34.8. The predicted octanol–water partition coefficient (Wildman–Crippen LogP) is 4.68. The summed E-state index contributed by atoms with van der Waals surface area (Å²) in [6.45, 7) is 16.1. The minimum Gasteiger partial charge on any atom is -0.472 e. The van der Waals surface area contributed by atoms with Crippen LogP contribution < -0.4 is 0 Å². The van der Waals surface area contributed by atoms with Gasteiger partial charge in [-0.1, -0.05) is 48.5 Å². The molecule has 13 heteroatoms. The fourth-order valence-electron chi connectivity index (χ4n) is 12.5. The summed E-state index contributed by atoms with van der Waals surface area (Å²) in [7, 11) is 0. The molecule has 0 aromatic carbocycles. The van der Waals surface area contributed by atoms with Gasteiger partial charge in [-0.15, -0.1) is 0 Å². The minimum absolute atomic E-state index is 0.0892. The van der Waals surface area contributed by atoms with Gasteiger partial charge in [-0.2, -0.15) is 0 Å². The fourth-order valence-corrected chi connectivity index (χ4v) is 12.5. The highest BCUT2D eigenvalue weighted by atomic mass is 16.9. The monoisotopic (exact) mass is 712 g/mol. The molecule has 12 unspecified atom stereocenters. The van der Waals surface area contributed by atoms with E-state index < -0.39 is 104 Å². The van der Waals surface area contributed by atoms with Crippen molar-refractivity contribution in [1.29, 1.82) is 0 Å². The lowest BCUT2D eigenvalue weighted by atomic mass is 9.33. The highest BCUT2D eigenvalue weighted by Crippen LogP contribution is 2.90. The Kier molecular flexibility index (Phi) is 6.97. The Morgan fingerprint density at radius 2 is 1.63 bits per heavy atom. The Hall–Kier alpha value is -3.29. The molecule has 3 saturated heterocycles. The Morgan fingerprint density at radius 3 is 2.25 bits per heavy atom. The summed E-state index contributed by atoms with van der Waals surface area (Å²) in [5.74, 6) is -7.02. The van der Waals surface area contributed by atoms with E-state index in [9.17, 15) is 24.0 Å². The van der Waals surface area contributed by atoms with Crippen molar-refractivity contribution >= 4 is 29.7 Å². The maximum atomic E-state index is 14.6. The topological polar surface area (TPSA) is 163 Å². The second kappa shape index (κ2) is 10.2. The molecular weight excluding hydrogens is 664 g/mol. The molecular formula is C38H48O13. The molecule has 51 heavy (non-hydrogen) atoms. The second-order valence-electron chi connectivity index (χ2n) is 17.3. The highest BCUT2D eigenvalue weighted by Gasteiger charge is 3.05. The van der Waals surface area contributed by atoms with E-state index in [0.29, 0.717) is 12.0 Å². The average Bonchev–Trinajstić information content (AvgIpc) is 3.75. The Bertz CT molecular complexity index is 1740. The van der Waals surface area contributed by atoms with Crippen molar-refractivity contribution in [3.63, 3.8) is 0 Å². The molecule has 1 aromatic heterocycles. The normalized spacial score (nSPS) is 48.0. The van der Waals surface area contributed by atoms with Crippen LogP contribution in [-0.4, -0.2) is 76.9 Å². The van der Waals surface area contributed by atoms with Crippen molar-refractivity contribution in [2.75, 3.05) is 6.61 Å². The Labute approximate surface area is 296 Å². The van der Waals surface area contributed by atoms with E-state index in [-0.39, 0.29) is 38.1 Å². The van der Waals surface area contributed by atoms with E-state index in [2.05, 4.69) is 0 Å². The number of ketones is 1. The van der Waals surface area contributed by atoms with Gasteiger partial charge in [0.25, 0.3) is 5.97 Å². The molecule has 0 N–H and O–H groups in total. The molecule has 0 radical (unpaired) electrons. The molecule has 4 bridgehead atoms. The van der Waals surface area contributed by atoms with Crippen molar-refractivity contribution in [2.45, 2.75) is 135 Å². The van der Waals surface area contributed by atoms with E-state index in [1.54, 1.807) is 47.6 Å². The van der Waals surface area contributed by atoms with Gasteiger partial charge in [-0.3, -0.25) is 24.0 Å². The number of hydrogen-bond acceptors (Lipinski definition) is 13. The fraction of sp³-hybridized carbons (Fsp3) is 0.763. The summed E-state index contributed by atoms with van der Waals surface area (Å²) in [6, 6.07) is 1.59. The number of furan rings is 1. The third kappa shape index (κ3) is 3.62. The second-order valence-corrected chi connectivity index (χ2v) is 17.3. The first-order valence-corrected chi connectivity index (χ1v) is 18.2. The third-order valence-electron chi connectivity index (χ3n) is 14.2. The van der Waals surface area contributed by atoms with E-state index in [0.717, 1.165) is 0 Å². The van der Waals surface area contributed by atoms with Gasteiger partial charge in [-0.25, -0.2) is 0 Å². The molecule has 7 fully saturated rings. The van der Waals surface area contributed by atoms with Crippen LogP contribution in [0, 0.1) is 39.9 Å². The number of fused-ring (bicyclic) bond motifs is 3. The number of carbonyl (C=O) groups is 5. The first-order valence-electron chi connectivity index (χ1n) is 18.2. The largest absolute Gasteiger partial charge is 0.472 e. The van der Waals surface area contributed by atoms with Gasteiger partial charge in [0.15, 0.2) is 18.0 Å². The van der Waals surface area contributed by atoms with Crippen LogP contribution in [0.3, 0.4) is 0 Å². The van der Waals surface area contributed by atoms with Gasteiger partial charge >= 0.3 is 23.9 Å². The molecule has 7 aliphatic rings. The van der Waals surface area contributed by atoms with Crippen LogP contribution in [0.15, 0.2) is 23.0 Å². The van der Waals surface area contributed by atoms with Crippen molar-refractivity contribution in [3.8, 4) is 0 Å². The van der Waals surface area contributed by atoms with Crippen molar-refractivity contribution in [3.05, 3.63) is 24.2 Å². The van der Waals surface area contributed by atoms with E-state index in [1.807, 2.05) is 20.8 Å². The number of esters is 4. The number of carbonyl (C=O) groups excluding carboxylic acids is 5. The summed E-state index contributed by atoms with van der Waals surface area (Å²) >= 11 is 0. The molecule has 278 valence electrons. The van der Waals surface area contributed by atoms with Gasteiger partial charge in [0.05, 0.1) is 36.7 Å². The summed E-state index contributed by atoms with van der Waals surface area (Å²) in [4.78, 5) is 70.4. The molecule has 3 spiro atoms. The summed E-state index contributed by atoms with van der Waals surface area (Å²) < 4.78 is 52.2. The van der Waals surface area contributed by atoms with Crippen molar-refractivity contribution in [2.24, 2.45) is 39.9 Å². The zero-order chi connectivity index (χ0) is 36.9. The molecule has 0 amide bonds. The molecule has 3 aliphatic heterocycles. The van der Waals surface area contributed by atoms with Gasteiger partial charge in [0, 0.05) is 35.5 Å². The van der Waals surface area contributed by atoms with Crippen LogP contribution in [0.5, 0.6) is 0 Å². The van der Waals surface area contributed by atoms with E-state index in [1.165, 1.54) is 12.5 Å². The van der Waals surface area contributed by atoms with Gasteiger partial charge < -0.3 is 37.6 Å². The SMILES string of the molecule is CCOC(=O)CC1C2(C)CC34OC5(C)OC67C(CC(=O)OC6C3(OC(=O)C(C)C)C2OC(=O)C(C)C)C(C)(C(=O)c2ccoc2)CCC7(O5)C14C. The predicted molar refractivity (Wildman–Crippen MR) is 172 cm³/mol. The quantitative estimate of drug-likeness (QED) is 0.197. The minimum atomic E-state index is -1.97. The highest BCUT2D eigenvalue weighted by molar-refractivity contribution is 6.01. The molecule has 13 nitrogen and oxygen atoms in total. The van der Waals surface area contributed by atoms with Crippen LogP contribution in [0.4, 0.5) is 0 Å². The summed E-state index contributed by atoms with van der Waals surface area (Å²) in [5.41, 5.74) is -9.69. The van der Waals surface area contributed by atoms with Crippen LogP contribution in [0.25, 0.3) is 0 Å². The molecule has 4 aliphatic carbocycles. The number of hydrogen-bond donors (Lipinski definition) is 0. The van der Waals surface area contributed by atoms with Crippen LogP contribution in [-0.2, 0) is 52.3 Å². The standard InChI is InChI=1S/C38H48O13/c1-10-45-24(39)15-22-32(7)18-36-33(22,8)35-13-12-31(6,26(41)21-11-14-44-17-21)23-16-25(40)46-30(37(23,35)51-34(9,49-35)50-36)38(36,48-28(43)20(4)5)29(32)47-27(42)19(2)3/h11,14,17,19-20,22-23,29-30H,10,12-13,15-16,18H2,1-9H3. The average molecular weight is 713 g/mol. The number of rotatable bonds is 9. The van der Waals surface area contributed by atoms with Gasteiger partial charge in [0.2, 0.25) is 5.60 Å². The molecule has 4 heterocycles. The molecule has 4 saturated carbocycles. The van der Waals surface area contributed by atoms with Crippen molar-refractivity contribution in [1.82, 2.24) is 0 Å². The van der Waals surface area contributed by atoms with E-state index >= 15 is 0 Å². The Morgan fingerprint density at radius 1 is 0.941 bits per heavy atom. The lowest BCUT2D eigenvalue weighted by Crippen LogP contribution is -2.94. The van der Waals surface area contributed by atoms with Crippen LogP contribution in [0.1, 0.15) is 105 Å². The van der Waals surface area contributed by atoms with Gasteiger partial charge in [0.1, 0.15) is 23.1 Å². The lowest BCUT2D eigenvalue weighted by molar-refractivity contribution is -0.477. The third-order valence-corrected chi connectivity index (χ3v) is 14.2. The molecule has 1 aromatic rings. The smallest absolute Gasteiger partial charge is 0.309 e. The zero-order valence-corrected chi connectivity index (χ0v) is 30.7. The molecule has 8 rings (SSSR count). The summed E-state index contributed by atoms with van der Waals surface area (Å²) in [6.07, 6.45) is 0.522. The maximum absolute atomic E-state index is 14.6. The molecule has 12 atom stereocenters. The van der Waals surface area contributed by atoms with Crippen molar-refractivity contribution < 1.29 is 61.5 Å². The zero-order valence-electron chi connectivity index (χ0n) is 30.7. The maximum Gasteiger partial charge on any atom is 0.309 e. The lowest BCUT2D eigenvalue weighted by Gasteiger charge is -2.77. The first-order chi connectivity index (χ1) is 23.8. The van der Waals surface area contributed by atoms with E-state index in [4.69, 9.17) is 37.6 Å². The number of ether oxygens (including phenoxy) is 7.